The fourth-order valence-electron chi connectivity index (χ4n) is 10.1. The van der Waals surface area contributed by atoms with E-state index in [0.717, 1.165) is 25.7 Å². The smallest absolute Gasteiger partial charge is 0.163 e. The maximum absolute atomic E-state index is 12.6. The van der Waals surface area contributed by atoms with E-state index in [-0.39, 0.29) is 50.2 Å². The molecule has 9 nitrogen and oxygen atoms in total. The summed E-state index contributed by atoms with van der Waals surface area (Å²) < 4.78 is 37.3. The minimum Gasteiger partial charge on any atom is -0.394 e. The number of rotatable bonds is 8. The number of ether oxygens (including phenoxy) is 6. The molecule has 3 N–H and O–H groups in total. The van der Waals surface area contributed by atoms with Crippen molar-refractivity contribution in [3.8, 4) is 0 Å². The summed E-state index contributed by atoms with van der Waals surface area (Å²) in [6, 6.07) is 0. The van der Waals surface area contributed by atoms with Crippen LogP contribution in [0.2, 0.25) is 0 Å². The Labute approximate surface area is 227 Å². The van der Waals surface area contributed by atoms with E-state index in [1.54, 1.807) is 14.2 Å². The standard InChI is InChI=1S/C29H50O9/c1-18-11-23-28(15-36-25(2,3)38-23)24-20(7-9-27(28,32)12-18)29(37-17-34-6)10-8-19(21(31)14-30)26(29,4)13-22(24)35-16-33-5/h18-24,30-32H,7-17H2,1-6H3/t18-,19+,20?,21?,22+,23+,24?,26+,27-,28+,29-/m0/s1. The van der Waals surface area contributed by atoms with Gasteiger partial charge in [-0.3, -0.25) is 0 Å². The zero-order valence-electron chi connectivity index (χ0n) is 24.1. The summed E-state index contributed by atoms with van der Waals surface area (Å²) in [7, 11) is 3.26. The molecule has 1 spiro atoms. The van der Waals surface area contributed by atoms with Crippen molar-refractivity contribution in [3.63, 3.8) is 0 Å². The van der Waals surface area contributed by atoms with E-state index >= 15 is 0 Å². The molecule has 0 amide bonds. The molecule has 0 aromatic carbocycles. The molecule has 1 aliphatic heterocycles. The number of hydrogen-bond donors (Lipinski definition) is 3. The lowest BCUT2D eigenvalue weighted by molar-refractivity contribution is -0.406. The van der Waals surface area contributed by atoms with Crippen molar-refractivity contribution in [2.75, 3.05) is 41.0 Å². The topological polar surface area (TPSA) is 116 Å². The number of hydrogen-bond acceptors (Lipinski definition) is 9. The minimum atomic E-state index is -0.958. The number of aliphatic hydroxyl groups is 3. The highest BCUT2D eigenvalue weighted by atomic mass is 16.7. The van der Waals surface area contributed by atoms with Crippen molar-refractivity contribution in [3.05, 3.63) is 0 Å². The van der Waals surface area contributed by atoms with Crippen LogP contribution in [0.25, 0.3) is 0 Å². The third-order valence-electron chi connectivity index (χ3n) is 11.4. The molecule has 4 saturated carbocycles. The molecule has 5 rings (SSSR count). The summed E-state index contributed by atoms with van der Waals surface area (Å²) in [6.07, 6.45) is 3.72. The van der Waals surface area contributed by atoms with E-state index < -0.39 is 33.9 Å². The molecule has 0 aromatic heterocycles. The first-order chi connectivity index (χ1) is 17.9. The maximum atomic E-state index is 12.6. The largest absolute Gasteiger partial charge is 0.394 e. The second-order valence-corrected chi connectivity index (χ2v) is 13.7. The normalized spacial score (nSPS) is 50.4. The van der Waals surface area contributed by atoms with Crippen molar-refractivity contribution in [1.29, 1.82) is 0 Å². The van der Waals surface area contributed by atoms with Crippen molar-refractivity contribution in [2.24, 2.45) is 34.5 Å². The molecule has 0 aromatic rings. The van der Waals surface area contributed by atoms with Crippen molar-refractivity contribution in [1.82, 2.24) is 0 Å². The summed E-state index contributed by atoms with van der Waals surface area (Å²) in [5.41, 5.74) is -2.72. The van der Waals surface area contributed by atoms with Crippen LogP contribution in [0, 0.1) is 34.5 Å². The zero-order chi connectivity index (χ0) is 27.6. The Hall–Kier alpha value is -0.360. The summed E-state index contributed by atoms with van der Waals surface area (Å²) in [5.74, 6) is -0.665. The Balaban J connectivity index is 1.67. The molecule has 1 heterocycles. The quantitative estimate of drug-likeness (QED) is 0.398. The molecule has 220 valence electrons. The first-order valence-corrected chi connectivity index (χ1v) is 14.5. The van der Waals surface area contributed by atoms with Gasteiger partial charge < -0.3 is 43.7 Å². The third-order valence-corrected chi connectivity index (χ3v) is 11.4. The average molecular weight is 543 g/mol. The van der Waals surface area contributed by atoms with E-state index in [2.05, 4.69) is 13.8 Å². The molecule has 9 heteroatoms. The van der Waals surface area contributed by atoms with Gasteiger partial charge in [-0.1, -0.05) is 13.8 Å². The number of methoxy groups -OCH3 is 2. The van der Waals surface area contributed by atoms with Gasteiger partial charge in [-0.15, -0.1) is 0 Å². The highest BCUT2D eigenvalue weighted by Crippen LogP contribution is 2.73. The van der Waals surface area contributed by atoms with Gasteiger partial charge in [-0.05, 0) is 76.5 Å². The van der Waals surface area contributed by atoms with Crippen LogP contribution in [-0.4, -0.2) is 91.6 Å². The van der Waals surface area contributed by atoms with E-state index in [1.807, 2.05) is 13.8 Å². The molecule has 38 heavy (non-hydrogen) atoms. The van der Waals surface area contributed by atoms with Gasteiger partial charge in [-0.2, -0.15) is 0 Å². The minimum absolute atomic E-state index is 0.0127. The fourth-order valence-corrected chi connectivity index (χ4v) is 10.1. The van der Waals surface area contributed by atoms with Gasteiger partial charge >= 0.3 is 0 Å². The van der Waals surface area contributed by atoms with Gasteiger partial charge in [0.05, 0.1) is 48.1 Å². The van der Waals surface area contributed by atoms with E-state index in [1.165, 1.54) is 0 Å². The van der Waals surface area contributed by atoms with Crippen LogP contribution in [0.4, 0.5) is 0 Å². The van der Waals surface area contributed by atoms with Crippen LogP contribution in [0.3, 0.4) is 0 Å². The van der Waals surface area contributed by atoms with Crippen molar-refractivity contribution < 1.29 is 43.7 Å². The van der Waals surface area contributed by atoms with E-state index in [4.69, 9.17) is 28.4 Å². The molecule has 5 aliphatic rings. The number of aliphatic hydroxyl groups excluding tert-OH is 2. The van der Waals surface area contributed by atoms with Crippen LogP contribution in [0.15, 0.2) is 0 Å². The second kappa shape index (κ2) is 10.2. The van der Waals surface area contributed by atoms with Crippen molar-refractivity contribution >= 4 is 0 Å². The summed E-state index contributed by atoms with van der Waals surface area (Å²) in [6.45, 7) is 8.67. The molecule has 11 atom stereocenters. The lowest BCUT2D eigenvalue weighted by Gasteiger charge is -2.72. The summed E-state index contributed by atoms with van der Waals surface area (Å²) in [5, 5.41) is 33.5. The summed E-state index contributed by atoms with van der Waals surface area (Å²) >= 11 is 0. The molecule has 0 radical (unpaired) electrons. The zero-order valence-corrected chi connectivity index (χ0v) is 24.1. The monoisotopic (exact) mass is 542 g/mol. The Morgan fingerprint density at radius 2 is 1.76 bits per heavy atom. The molecule has 3 unspecified atom stereocenters. The third kappa shape index (κ3) is 4.06. The SMILES string of the molecule is COCO[C@@H]1C[C@]2(C)[C@@H](C(O)CO)CC[C@]2(OCOC)C2CC[C@]3(O)C[C@@H](C)C[C@H]4OC(C)(C)OC[C@]43C21. The van der Waals surface area contributed by atoms with Crippen LogP contribution in [0.1, 0.15) is 72.6 Å². The Bertz CT molecular complexity index is 854. The Kier molecular flexibility index (Phi) is 7.80. The first-order valence-electron chi connectivity index (χ1n) is 14.5. The van der Waals surface area contributed by atoms with Gasteiger partial charge in [-0.25, -0.2) is 0 Å². The predicted octanol–water partition coefficient (Wildman–Crippen LogP) is 2.83. The highest BCUT2D eigenvalue weighted by molar-refractivity contribution is 5.25. The average Bonchev–Trinajstić information content (AvgIpc) is 3.16. The number of fused-ring (bicyclic) bond motifs is 3. The molecule has 4 aliphatic carbocycles. The van der Waals surface area contributed by atoms with Gasteiger partial charge in [0.1, 0.15) is 13.6 Å². The van der Waals surface area contributed by atoms with E-state index in [9.17, 15) is 15.3 Å². The van der Waals surface area contributed by atoms with Gasteiger partial charge in [0.25, 0.3) is 0 Å². The van der Waals surface area contributed by atoms with Crippen LogP contribution >= 0.6 is 0 Å². The Morgan fingerprint density at radius 3 is 2.45 bits per heavy atom. The lowest BCUT2D eigenvalue weighted by atomic mass is 9.39. The molecule has 1 saturated heterocycles. The van der Waals surface area contributed by atoms with Crippen LogP contribution in [0.5, 0.6) is 0 Å². The molecular weight excluding hydrogens is 492 g/mol. The lowest BCUT2D eigenvalue weighted by Crippen LogP contribution is -2.78. The van der Waals surface area contributed by atoms with Gasteiger partial charge in [0.15, 0.2) is 5.79 Å². The van der Waals surface area contributed by atoms with Crippen molar-refractivity contribution in [2.45, 2.75) is 108 Å². The van der Waals surface area contributed by atoms with Crippen LogP contribution < -0.4 is 0 Å². The molecular formula is C29H50O9. The predicted molar refractivity (Wildman–Crippen MR) is 138 cm³/mol. The highest BCUT2D eigenvalue weighted by Gasteiger charge is 2.77. The fraction of sp³-hybridized carbons (Fsp3) is 1.00. The van der Waals surface area contributed by atoms with Gasteiger partial charge in [0.2, 0.25) is 0 Å². The molecule has 5 fully saturated rings. The summed E-state index contributed by atoms with van der Waals surface area (Å²) in [4.78, 5) is 0. The van der Waals surface area contributed by atoms with E-state index in [0.29, 0.717) is 31.8 Å². The van der Waals surface area contributed by atoms with Gasteiger partial charge in [0, 0.05) is 25.6 Å². The maximum Gasteiger partial charge on any atom is 0.163 e. The first kappa shape index (κ1) is 29.1. The Morgan fingerprint density at radius 1 is 1.03 bits per heavy atom. The second-order valence-electron chi connectivity index (χ2n) is 13.7. The molecule has 0 bridgehead atoms. The van der Waals surface area contributed by atoms with Crippen LogP contribution in [-0.2, 0) is 28.4 Å².